The maximum Gasteiger partial charge on any atom is 0.290 e. The van der Waals surface area contributed by atoms with Crippen molar-refractivity contribution in [3.05, 3.63) is 80.7 Å². The van der Waals surface area contributed by atoms with Crippen LogP contribution in [0.4, 0.5) is 0 Å². The highest BCUT2D eigenvalue weighted by Gasteiger charge is 2.40. The number of halogens is 1. The fourth-order valence-electron chi connectivity index (χ4n) is 3.10. The SMILES string of the molecule is CN1C(=O)c2oc3ccccc3c(=O)c2C1c1cccc(Cl)c1. The van der Waals surface area contributed by atoms with Crippen LogP contribution in [0.5, 0.6) is 0 Å². The Morgan fingerprint density at radius 3 is 2.65 bits per heavy atom. The van der Waals surface area contributed by atoms with Gasteiger partial charge < -0.3 is 9.32 Å². The van der Waals surface area contributed by atoms with Gasteiger partial charge in [0.1, 0.15) is 5.58 Å². The highest BCUT2D eigenvalue weighted by Crippen LogP contribution is 2.37. The molecule has 0 radical (unpaired) electrons. The Kier molecular flexibility index (Phi) is 3.03. The van der Waals surface area contributed by atoms with E-state index in [-0.39, 0.29) is 17.1 Å². The molecule has 1 unspecified atom stereocenters. The molecule has 114 valence electrons. The van der Waals surface area contributed by atoms with E-state index in [2.05, 4.69) is 0 Å². The van der Waals surface area contributed by atoms with E-state index < -0.39 is 6.04 Å². The van der Waals surface area contributed by atoms with Crippen LogP contribution >= 0.6 is 11.6 Å². The second-order valence-corrected chi connectivity index (χ2v) is 5.98. The molecule has 2 aromatic carbocycles. The van der Waals surface area contributed by atoms with Crippen molar-refractivity contribution in [2.75, 3.05) is 7.05 Å². The summed E-state index contributed by atoms with van der Waals surface area (Å²) >= 11 is 6.06. The summed E-state index contributed by atoms with van der Waals surface area (Å²) in [7, 11) is 1.66. The Labute approximate surface area is 136 Å². The average Bonchev–Trinajstić information content (AvgIpc) is 2.80. The highest BCUT2D eigenvalue weighted by atomic mass is 35.5. The Hall–Kier alpha value is -2.59. The zero-order valence-corrected chi connectivity index (χ0v) is 13.0. The summed E-state index contributed by atoms with van der Waals surface area (Å²) in [6.07, 6.45) is 0. The van der Waals surface area contributed by atoms with Crippen LogP contribution in [0.1, 0.15) is 27.7 Å². The summed E-state index contributed by atoms with van der Waals surface area (Å²) in [5, 5.41) is 1.03. The molecule has 1 aromatic heterocycles. The Morgan fingerprint density at radius 1 is 1.09 bits per heavy atom. The van der Waals surface area contributed by atoms with Gasteiger partial charge in [0, 0.05) is 12.1 Å². The van der Waals surface area contributed by atoms with Gasteiger partial charge >= 0.3 is 0 Å². The number of nitrogens with zero attached hydrogens (tertiary/aromatic N) is 1. The molecule has 0 N–H and O–H groups in total. The fraction of sp³-hybridized carbons (Fsp3) is 0.111. The molecule has 1 aliphatic heterocycles. The summed E-state index contributed by atoms with van der Waals surface area (Å²) in [6.45, 7) is 0. The lowest BCUT2D eigenvalue weighted by Gasteiger charge is -2.20. The average molecular weight is 326 g/mol. The topological polar surface area (TPSA) is 50.5 Å². The zero-order valence-electron chi connectivity index (χ0n) is 12.2. The number of benzene rings is 2. The molecule has 0 saturated heterocycles. The van der Waals surface area contributed by atoms with Crippen LogP contribution in [0.15, 0.2) is 57.7 Å². The van der Waals surface area contributed by atoms with Crippen LogP contribution in [-0.4, -0.2) is 17.9 Å². The second kappa shape index (κ2) is 4.96. The first kappa shape index (κ1) is 14.0. The molecular weight excluding hydrogens is 314 g/mol. The number of amides is 1. The molecule has 0 aliphatic carbocycles. The predicted molar refractivity (Wildman–Crippen MR) is 87.9 cm³/mol. The standard InChI is InChI=1S/C18H12ClNO3/c1-20-15(10-5-4-6-11(19)9-10)14-16(21)12-7-2-3-8-13(12)23-17(14)18(20)22/h2-9,15H,1H3. The minimum atomic E-state index is -0.489. The first-order valence-electron chi connectivity index (χ1n) is 7.16. The van der Waals surface area contributed by atoms with Crippen LogP contribution < -0.4 is 5.43 Å². The molecule has 3 aromatic rings. The van der Waals surface area contributed by atoms with Crippen molar-refractivity contribution in [3.8, 4) is 0 Å². The van der Waals surface area contributed by atoms with Crippen molar-refractivity contribution in [3.63, 3.8) is 0 Å². The number of hydrogen-bond acceptors (Lipinski definition) is 3. The molecule has 0 saturated carbocycles. The molecule has 1 aliphatic rings. The van der Waals surface area contributed by atoms with E-state index in [1.165, 1.54) is 4.90 Å². The zero-order chi connectivity index (χ0) is 16.1. The van der Waals surface area contributed by atoms with Crippen molar-refractivity contribution in [2.24, 2.45) is 0 Å². The lowest BCUT2D eigenvalue weighted by atomic mass is 9.99. The van der Waals surface area contributed by atoms with Crippen LogP contribution in [0.2, 0.25) is 5.02 Å². The minimum absolute atomic E-state index is 0.112. The largest absolute Gasteiger partial charge is 0.450 e. The van der Waals surface area contributed by atoms with Gasteiger partial charge in [-0.25, -0.2) is 0 Å². The van der Waals surface area contributed by atoms with Gasteiger partial charge in [0.2, 0.25) is 5.76 Å². The Balaban J connectivity index is 2.05. The molecule has 0 bridgehead atoms. The van der Waals surface area contributed by atoms with Gasteiger partial charge in [-0.15, -0.1) is 0 Å². The van der Waals surface area contributed by atoms with Crippen LogP contribution in [0.3, 0.4) is 0 Å². The van der Waals surface area contributed by atoms with Crippen LogP contribution in [0.25, 0.3) is 11.0 Å². The van der Waals surface area contributed by atoms with Crippen molar-refractivity contribution in [1.82, 2.24) is 4.90 Å². The molecule has 0 fully saturated rings. The van der Waals surface area contributed by atoms with Crippen molar-refractivity contribution >= 4 is 28.5 Å². The fourth-order valence-corrected chi connectivity index (χ4v) is 3.30. The van der Waals surface area contributed by atoms with E-state index in [0.29, 0.717) is 21.6 Å². The molecule has 1 atom stereocenters. The van der Waals surface area contributed by atoms with Gasteiger partial charge in [0.05, 0.1) is 17.0 Å². The monoisotopic (exact) mass is 325 g/mol. The van der Waals surface area contributed by atoms with Crippen molar-refractivity contribution in [2.45, 2.75) is 6.04 Å². The summed E-state index contributed by atoms with van der Waals surface area (Å²) < 4.78 is 5.73. The highest BCUT2D eigenvalue weighted by molar-refractivity contribution is 6.30. The first-order chi connectivity index (χ1) is 11.1. The Morgan fingerprint density at radius 2 is 1.87 bits per heavy atom. The third kappa shape index (κ3) is 1.99. The molecule has 4 nitrogen and oxygen atoms in total. The van der Waals surface area contributed by atoms with Gasteiger partial charge in [-0.3, -0.25) is 9.59 Å². The second-order valence-electron chi connectivity index (χ2n) is 5.54. The Bertz CT molecular complexity index is 1010. The van der Waals surface area contributed by atoms with E-state index >= 15 is 0 Å². The maximum absolute atomic E-state index is 12.9. The first-order valence-corrected chi connectivity index (χ1v) is 7.54. The van der Waals surface area contributed by atoms with E-state index in [4.69, 9.17) is 16.0 Å². The molecule has 0 spiro atoms. The number of rotatable bonds is 1. The third-order valence-corrected chi connectivity index (χ3v) is 4.41. The molecule has 23 heavy (non-hydrogen) atoms. The molecular formula is C18H12ClNO3. The molecule has 5 heteroatoms. The quantitative estimate of drug-likeness (QED) is 0.686. The molecule has 1 amide bonds. The van der Waals surface area contributed by atoms with Crippen LogP contribution in [-0.2, 0) is 0 Å². The van der Waals surface area contributed by atoms with Crippen molar-refractivity contribution < 1.29 is 9.21 Å². The number of carbonyl (C=O) groups excluding carboxylic acids is 1. The number of para-hydroxylation sites is 1. The minimum Gasteiger partial charge on any atom is -0.450 e. The summed E-state index contributed by atoms with van der Waals surface area (Å²) in [4.78, 5) is 26.9. The van der Waals surface area contributed by atoms with E-state index in [1.54, 1.807) is 49.5 Å². The lowest BCUT2D eigenvalue weighted by molar-refractivity contribution is 0.0771. The number of carbonyl (C=O) groups is 1. The maximum atomic E-state index is 12.9. The summed E-state index contributed by atoms with van der Waals surface area (Å²) in [5.41, 5.74) is 1.41. The smallest absolute Gasteiger partial charge is 0.290 e. The van der Waals surface area contributed by atoms with E-state index in [1.807, 2.05) is 6.07 Å². The number of hydrogen-bond donors (Lipinski definition) is 0. The summed E-state index contributed by atoms with van der Waals surface area (Å²) in [5.74, 6) is -0.186. The number of fused-ring (bicyclic) bond motifs is 2. The lowest BCUT2D eigenvalue weighted by Crippen LogP contribution is -2.25. The molecule has 2 heterocycles. The van der Waals surface area contributed by atoms with Gasteiger partial charge in [0.15, 0.2) is 5.43 Å². The third-order valence-electron chi connectivity index (χ3n) is 4.17. The predicted octanol–water partition coefficient (Wildman–Crippen LogP) is 3.62. The van der Waals surface area contributed by atoms with Gasteiger partial charge in [-0.05, 0) is 29.8 Å². The van der Waals surface area contributed by atoms with Crippen LogP contribution in [0, 0.1) is 0 Å². The summed E-state index contributed by atoms with van der Waals surface area (Å²) in [6, 6.07) is 13.6. The normalized spacial score (nSPS) is 16.9. The molecule has 4 rings (SSSR count). The van der Waals surface area contributed by atoms with E-state index in [9.17, 15) is 9.59 Å². The van der Waals surface area contributed by atoms with E-state index in [0.717, 1.165) is 5.56 Å². The van der Waals surface area contributed by atoms with Gasteiger partial charge in [-0.2, -0.15) is 0 Å². The van der Waals surface area contributed by atoms with Gasteiger partial charge in [0.25, 0.3) is 5.91 Å². The van der Waals surface area contributed by atoms with Gasteiger partial charge in [-0.1, -0.05) is 35.9 Å². The van der Waals surface area contributed by atoms with Crippen molar-refractivity contribution in [1.29, 1.82) is 0 Å².